The smallest absolute Gasteiger partial charge is 0.225 e. The van der Waals surface area contributed by atoms with Crippen molar-refractivity contribution in [1.29, 1.82) is 0 Å². The molecule has 0 aliphatic carbocycles. The predicted octanol–water partition coefficient (Wildman–Crippen LogP) is 2.55. The number of nitrogens with one attached hydrogen (secondary N) is 1. The van der Waals surface area contributed by atoms with Gasteiger partial charge in [0, 0.05) is 44.2 Å². The molecule has 8 heteroatoms. The summed E-state index contributed by atoms with van der Waals surface area (Å²) >= 11 is 5.94. The van der Waals surface area contributed by atoms with Crippen molar-refractivity contribution in [3.63, 3.8) is 0 Å². The van der Waals surface area contributed by atoms with Crippen molar-refractivity contribution in [2.75, 3.05) is 26.2 Å². The van der Waals surface area contributed by atoms with Crippen LogP contribution in [0.1, 0.15) is 36.4 Å². The van der Waals surface area contributed by atoms with E-state index in [1.165, 1.54) is 6.92 Å². The molecule has 1 N–H and O–H groups in total. The van der Waals surface area contributed by atoms with Crippen molar-refractivity contribution in [3.8, 4) is 0 Å². The van der Waals surface area contributed by atoms with Crippen molar-refractivity contribution in [2.24, 2.45) is 0 Å². The summed E-state index contributed by atoms with van der Waals surface area (Å²) in [5.74, 6) is 0.703. The summed E-state index contributed by atoms with van der Waals surface area (Å²) in [6, 6.07) is 8.78. The Morgan fingerprint density at radius 1 is 1.21 bits per heavy atom. The highest BCUT2D eigenvalue weighted by Gasteiger charge is 2.25. The molecule has 1 saturated heterocycles. The molecule has 0 radical (unpaired) electrons. The average Bonchev–Trinajstić information content (AvgIpc) is 3.06. The third-order valence-corrected chi connectivity index (χ3v) is 5.06. The van der Waals surface area contributed by atoms with Gasteiger partial charge in [-0.2, -0.15) is 0 Å². The molecule has 1 aliphatic heterocycles. The van der Waals surface area contributed by atoms with Gasteiger partial charge in [0.05, 0.1) is 24.7 Å². The Bertz CT molecular complexity index is 813. The van der Waals surface area contributed by atoms with Crippen molar-refractivity contribution < 1.29 is 14.1 Å². The molecule has 1 unspecified atom stereocenters. The second-order valence-electron chi connectivity index (χ2n) is 7.10. The highest BCUT2D eigenvalue weighted by atomic mass is 35.5. The average molecular weight is 405 g/mol. The van der Waals surface area contributed by atoms with Crippen LogP contribution in [-0.2, 0) is 16.1 Å². The largest absolute Gasteiger partial charge is 0.360 e. The first-order valence-electron chi connectivity index (χ1n) is 9.35. The van der Waals surface area contributed by atoms with E-state index in [9.17, 15) is 9.59 Å². The number of nitrogens with zero attached hydrogens (tertiary/aromatic N) is 3. The number of halogens is 1. The first-order chi connectivity index (χ1) is 13.4. The van der Waals surface area contributed by atoms with Crippen molar-refractivity contribution in [2.45, 2.75) is 32.9 Å². The zero-order valence-corrected chi connectivity index (χ0v) is 16.9. The van der Waals surface area contributed by atoms with E-state index in [1.54, 1.807) is 12.1 Å². The van der Waals surface area contributed by atoms with E-state index in [4.69, 9.17) is 16.1 Å². The minimum Gasteiger partial charge on any atom is -0.360 e. The number of carbonyl (C=O) groups excluding carboxylic acids is 2. The van der Waals surface area contributed by atoms with Gasteiger partial charge in [-0.1, -0.05) is 28.9 Å². The van der Waals surface area contributed by atoms with Crippen molar-refractivity contribution in [3.05, 3.63) is 52.4 Å². The molecule has 3 rings (SSSR count). The fourth-order valence-electron chi connectivity index (χ4n) is 3.36. The Balaban J connectivity index is 1.55. The molecule has 1 aliphatic rings. The van der Waals surface area contributed by atoms with Crippen LogP contribution in [0.4, 0.5) is 0 Å². The van der Waals surface area contributed by atoms with Crippen LogP contribution in [0, 0.1) is 6.92 Å². The first kappa shape index (κ1) is 20.4. The number of piperazine rings is 1. The summed E-state index contributed by atoms with van der Waals surface area (Å²) in [6.45, 7) is 6.91. The van der Waals surface area contributed by atoms with Gasteiger partial charge in [0.15, 0.2) is 5.76 Å². The molecule has 0 saturated carbocycles. The number of aromatic nitrogens is 1. The maximum Gasteiger partial charge on any atom is 0.225 e. The van der Waals surface area contributed by atoms with Crippen LogP contribution in [0.3, 0.4) is 0 Å². The number of carbonyl (C=O) groups is 2. The summed E-state index contributed by atoms with van der Waals surface area (Å²) in [7, 11) is 0. The van der Waals surface area contributed by atoms with Gasteiger partial charge in [0.25, 0.3) is 0 Å². The fraction of sp³-hybridized carbons (Fsp3) is 0.450. The van der Waals surface area contributed by atoms with Gasteiger partial charge < -0.3 is 14.7 Å². The van der Waals surface area contributed by atoms with Crippen LogP contribution < -0.4 is 5.32 Å². The van der Waals surface area contributed by atoms with E-state index in [2.05, 4.69) is 15.4 Å². The van der Waals surface area contributed by atoms with Gasteiger partial charge in [-0.25, -0.2) is 0 Å². The maximum atomic E-state index is 12.8. The normalized spacial score (nSPS) is 16.0. The molecule has 7 nitrogen and oxygen atoms in total. The summed E-state index contributed by atoms with van der Waals surface area (Å²) in [4.78, 5) is 28.5. The topological polar surface area (TPSA) is 78.7 Å². The van der Waals surface area contributed by atoms with Gasteiger partial charge in [-0.15, -0.1) is 0 Å². The Morgan fingerprint density at radius 3 is 2.46 bits per heavy atom. The fourth-order valence-corrected chi connectivity index (χ4v) is 3.49. The first-order valence-corrected chi connectivity index (χ1v) is 9.73. The molecule has 1 fully saturated rings. The van der Waals surface area contributed by atoms with Gasteiger partial charge in [0.1, 0.15) is 0 Å². The molecule has 0 bridgehead atoms. The number of hydrogen-bond acceptors (Lipinski definition) is 5. The molecular weight excluding hydrogens is 380 g/mol. The van der Waals surface area contributed by atoms with E-state index < -0.39 is 0 Å². The summed E-state index contributed by atoms with van der Waals surface area (Å²) in [6.07, 6.45) is 0.225. The number of amides is 2. The third kappa shape index (κ3) is 5.56. The van der Waals surface area contributed by atoms with Crippen LogP contribution in [-0.4, -0.2) is 52.9 Å². The van der Waals surface area contributed by atoms with Gasteiger partial charge >= 0.3 is 0 Å². The second kappa shape index (κ2) is 9.21. The van der Waals surface area contributed by atoms with Crippen LogP contribution in [0.15, 0.2) is 34.9 Å². The van der Waals surface area contributed by atoms with E-state index in [0.717, 1.165) is 30.1 Å². The van der Waals surface area contributed by atoms with Crippen LogP contribution in [0.5, 0.6) is 0 Å². The second-order valence-corrected chi connectivity index (χ2v) is 7.54. The molecule has 2 amide bonds. The molecule has 1 aromatic heterocycles. The van der Waals surface area contributed by atoms with Crippen molar-refractivity contribution >= 4 is 23.4 Å². The lowest BCUT2D eigenvalue weighted by Gasteiger charge is -2.35. The quantitative estimate of drug-likeness (QED) is 0.800. The Kier molecular flexibility index (Phi) is 6.70. The SMILES string of the molecule is CC(=O)NC(CC(=O)N1CCN(Cc2cc(C)no2)CC1)c1ccc(Cl)cc1. The van der Waals surface area contributed by atoms with Gasteiger partial charge in [-0.3, -0.25) is 14.5 Å². The predicted molar refractivity (Wildman–Crippen MR) is 106 cm³/mol. The lowest BCUT2D eigenvalue weighted by molar-refractivity contribution is -0.133. The number of hydrogen-bond donors (Lipinski definition) is 1. The molecule has 2 heterocycles. The van der Waals surface area contributed by atoms with E-state index >= 15 is 0 Å². The molecular formula is C20H25ClN4O3. The Hall–Kier alpha value is -2.38. The summed E-state index contributed by atoms with van der Waals surface area (Å²) in [5, 5.41) is 7.40. The monoisotopic (exact) mass is 404 g/mol. The zero-order valence-electron chi connectivity index (χ0n) is 16.2. The number of benzene rings is 1. The zero-order chi connectivity index (χ0) is 20.1. The molecule has 28 heavy (non-hydrogen) atoms. The molecule has 1 atom stereocenters. The third-order valence-electron chi connectivity index (χ3n) is 4.81. The van der Waals surface area contributed by atoms with E-state index in [1.807, 2.05) is 30.0 Å². The van der Waals surface area contributed by atoms with Crippen molar-refractivity contribution in [1.82, 2.24) is 20.3 Å². The standard InChI is InChI=1S/C20H25ClN4O3/c1-14-11-18(28-23-14)13-24-7-9-25(10-8-24)20(27)12-19(22-15(2)26)16-3-5-17(21)6-4-16/h3-6,11,19H,7-10,12-13H2,1-2H3,(H,22,26). The number of rotatable bonds is 6. The van der Waals surface area contributed by atoms with Crippen LogP contribution in [0.2, 0.25) is 5.02 Å². The molecule has 150 valence electrons. The molecule has 0 spiro atoms. The Labute approximate surface area is 169 Å². The Morgan fingerprint density at radius 2 is 1.89 bits per heavy atom. The highest BCUT2D eigenvalue weighted by Crippen LogP contribution is 2.21. The summed E-state index contributed by atoms with van der Waals surface area (Å²) in [5.41, 5.74) is 1.74. The lowest BCUT2D eigenvalue weighted by Crippen LogP contribution is -2.49. The van der Waals surface area contributed by atoms with Gasteiger partial charge in [0.2, 0.25) is 11.8 Å². The van der Waals surface area contributed by atoms with E-state index in [-0.39, 0.29) is 24.3 Å². The maximum absolute atomic E-state index is 12.8. The van der Waals surface area contributed by atoms with Crippen LogP contribution in [0.25, 0.3) is 0 Å². The highest BCUT2D eigenvalue weighted by molar-refractivity contribution is 6.30. The lowest BCUT2D eigenvalue weighted by atomic mass is 10.0. The molecule has 2 aromatic rings. The minimum absolute atomic E-state index is 0.0314. The number of aryl methyl sites for hydroxylation is 1. The van der Waals surface area contributed by atoms with Gasteiger partial charge in [-0.05, 0) is 24.6 Å². The summed E-state index contributed by atoms with van der Waals surface area (Å²) < 4.78 is 5.27. The van der Waals surface area contributed by atoms with E-state index in [0.29, 0.717) is 24.7 Å². The molecule has 1 aromatic carbocycles. The van der Waals surface area contributed by atoms with Crippen LogP contribution >= 0.6 is 11.6 Å². The minimum atomic E-state index is -0.363.